The molecule has 0 radical (unpaired) electrons. The van der Waals surface area contributed by atoms with Gasteiger partial charge in [0.25, 0.3) is 0 Å². The highest BCUT2D eigenvalue weighted by molar-refractivity contribution is 7.19. The van der Waals surface area contributed by atoms with Gasteiger partial charge in [0.1, 0.15) is 22.4 Å². The van der Waals surface area contributed by atoms with E-state index < -0.39 is 24.3 Å². The van der Waals surface area contributed by atoms with Crippen LogP contribution < -0.4 is 15.5 Å². The Morgan fingerprint density at radius 2 is 2.11 bits per heavy atom. The Morgan fingerprint density at radius 1 is 1.28 bits per heavy atom. The molecular formula is C22H28ClFN8O3S. The highest BCUT2D eigenvalue weighted by Crippen LogP contribution is 2.38. The molecule has 2 bridgehead atoms. The summed E-state index contributed by atoms with van der Waals surface area (Å²) in [6.45, 7) is 1.51. The fourth-order valence-corrected chi connectivity index (χ4v) is 6.01. The van der Waals surface area contributed by atoms with Crippen molar-refractivity contribution in [3.05, 3.63) is 22.8 Å². The van der Waals surface area contributed by atoms with Gasteiger partial charge in [0.15, 0.2) is 5.13 Å². The van der Waals surface area contributed by atoms with Crippen LogP contribution in [0.5, 0.6) is 0 Å². The number of aromatic nitrogens is 3. The summed E-state index contributed by atoms with van der Waals surface area (Å²) in [5.74, 6) is 1.01. The number of carbonyl (C=O) groups excluding carboxylic acids is 2. The van der Waals surface area contributed by atoms with Gasteiger partial charge >= 0.3 is 12.1 Å². The molecular weight excluding hydrogens is 511 g/mol. The summed E-state index contributed by atoms with van der Waals surface area (Å²) < 4.78 is 20.9. The Hall–Kier alpha value is -2.77. The lowest BCUT2D eigenvalue weighted by Gasteiger charge is -2.39. The monoisotopic (exact) mass is 538 g/mol. The number of piperidine rings is 2. The molecule has 2 aromatic heterocycles. The maximum Gasteiger partial charge on any atom is 0.413 e. The molecule has 2 saturated heterocycles. The van der Waals surface area contributed by atoms with Gasteiger partial charge in [0, 0.05) is 51.3 Å². The zero-order valence-electron chi connectivity index (χ0n) is 19.9. The number of nitrogens with zero attached hydrogens (tertiary/aromatic N) is 6. The first-order chi connectivity index (χ1) is 17.3. The SMILES string of the molecule is CN1C[C@H]2C[C@@H]1C[C@@H]2OC(=O)Nc1ccnc(N2CC[C@@H](F)[C@@H](N(C)C(=O)Nc3ncc(Cl)s3)C2)n1. The first kappa shape index (κ1) is 24.9. The lowest BCUT2D eigenvalue weighted by atomic mass is 10.0. The minimum absolute atomic E-state index is 0.0843. The van der Waals surface area contributed by atoms with Gasteiger partial charge in [-0.1, -0.05) is 22.9 Å². The molecule has 2 N–H and O–H groups in total. The average molecular weight is 539 g/mol. The Balaban J connectivity index is 1.19. The van der Waals surface area contributed by atoms with Crippen molar-refractivity contribution in [1.29, 1.82) is 0 Å². The summed E-state index contributed by atoms with van der Waals surface area (Å²) in [5, 5.41) is 5.67. The molecule has 1 aliphatic carbocycles. The minimum Gasteiger partial charge on any atom is -0.446 e. The normalized spacial score (nSPS) is 27.7. The highest BCUT2D eigenvalue weighted by atomic mass is 35.5. The second-order valence-corrected chi connectivity index (χ2v) is 11.1. The van der Waals surface area contributed by atoms with Crippen molar-refractivity contribution in [2.45, 2.75) is 43.6 Å². The fourth-order valence-electron chi connectivity index (χ4n) is 5.21. The molecule has 3 amide bonds. The molecule has 1 saturated carbocycles. The Morgan fingerprint density at radius 3 is 2.81 bits per heavy atom. The van der Waals surface area contributed by atoms with Gasteiger partial charge in [-0.3, -0.25) is 10.6 Å². The number of likely N-dealkylation sites (tertiary alicyclic amines) is 1. The molecule has 3 aliphatic rings. The highest BCUT2D eigenvalue weighted by Gasteiger charge is 2.45. The van der Waals surface area contributed by atoms with E-state index >= 15 is 0 Å². The molecule has 11 nitrogen and oxygen atoms in total. The first-order valence-electron chi connectivity index (χ1n) is 11.8. The third-order valence-corrected chi connectivity index (χ3v) is 8.20. The van der Waals surface area contributed by atoms with Crippen LogP contribution in [0.3, 0.4) is 0 Å². The number of nitrogens with one attached hydrogen (secondary N) is 2. The summed E-state index contributed by atoms with van der Waals surface area (Å²) in [4.78, 5) is 43.3. The van der Waals surface area contributed by atoms with Crippen molar-refractivity contribution in [1.82, 2.24) is 24.8 Å². The van der Waals surface area contributed by atoms with E-state index in [9.17, 15) is 14.0 Å². The summed E-state index contributed by atoms with van der Waals surface area (Å²) >= 11 is 6.99. The van der Waals surface area contributed by atoms with Crippen LogP contribution in [0, 0.1) is 5.92 Å². The molecule has 5 rings (SSSR count). The fraction of sp³-hybridized carbons (Fsp3) is 0.591. The third-order valence-electron chi connectivity index (χ3n) is 7.17. The number of halogens is 2. The number of carbonyl (C=O) groups is 2. The van der Waals surface area contributed by atoms with Gasteiger partial charge in [-0.2, -0.15) is 4.98 Å². The van der Waals surface area contributed by atoms with Crippen LogP contribution in [0.2, 0.25) is 4.34 Å². The molecule has 0 spiro atoms. The number of rotatable bonds is 5. The number of alkyl halides is 1. The van der Waals surface area contributed by atoms with Crippen LogP contribution in [0.25, 0.3) is 0 Å². The Bertz CT molecular complexity index is 1120. The molecule has 36 heavy (non-hydrogen) atoms. The number of thiazole rings is 1. The molecule has 14 heteroatoms. The zero-order chi connectivity index (χ0) is 25.4. The van der Waals surface area contributed by atoms with Crippen molar-refractivity contribution in [2.24, 2.45) is 5.92 Å². The van der Waals surface area contributed by atoms with Crippen molar-refractivity contribution < 1.29 is 18.7 Å². The predicted octanol–water partition coefficient (Wildman–Crippen LogP) is 3.31. The van der Waals surface area contributed by atoms with E-state index in [1.807, 2.05) is 0 Å². The van der Waals surface area contributed by atoms with Crippen LogP contribution >= 0.6 is 22.9 Å². The van der Waals surface area contributed by atoms with E-state index in [1.165, 1.54) is 24.3 Å². The summed E-state index contributed by atoms with van der Waals surface area (Å²) in [6.07, 6.45) is 3.23. The smallest absolute Gasteiger partial charge is 0.413 e. The van der Waals surface area contributed by atoms with Crippen LogP contribution in [0.1, 0.15) is 19.3 Å². The van der Waals surface area contributed by atoms with Crippen LogP contribution in [-0.4, -0.2) is 95.0 Å². The molecule has 5 atom stereocenters. The molecule has 0 aromatic carbocycles. The van der Waals surface area contributed by atoms with Crippen molar-refractivity contribution >= 4 is 52.0 Å². The van der Waals surface area contributed by atoms with Crippen molar-refractivity contribution in [3.63, 3.8) is 0 Å². The number of amides is 3. The van der Waals surface area contributed by atoms with Crippen LogP contribution in [0.15, 0.2) is 18.5 Å². The van der Waals surface area contributed by atoms with Crippen LogP contribution in [0.4, 0.5) is 30.9 Å². The molecule has 2 aliphatic heterocycles. The van der Waals surface area contributed by atoms with E-state index in [-0.39, 0.29) is 19.1 Å². The number of hydrogen-bond donors (Lipinski definition) is 2. The number of likely N-dealkylation sites (N-methyl/N-ethyl adjacent to an activating group) is 1. The van der Waals surface area contributed by atoms with Crippen LogP contribution in [-0.2, 0) is 4.74 Å². The topological polar surface area (TPSA) is 116 Å². The van der Waals surface area contributed by atoms with Gasteiger partial charge in [0.2, 0.25) is 5.95 Å². The number of anilines is 3. The van der Waals surface area contributed by atoms with E-state index in [1.54, 1.807) is 11.0 Å². The Labute approximate surface area is 217 Å². The van der Waals surface area contributed by atoms with E-state index in [0.717, 1.165) is 30.7 Å². The van der Waals surface area contributed by atoms with E-state index in [0.29, 0.717) is 39.7 Å². The van der Waals surface area contributed by atoms with E-state index in [2.05, 4.69) is 37.5 Å². The number of ether oxygens (including phenoxy) is 1. The zero-order valence-corrected chi connectivity index (χ0v) is 21.5. The first-order valence-corrected chi connectivity index (χ1v) is 13.0. The maximum atomic E-state index is 14.8. The summed E-state index contributed by atoms with van der Waals surface area (Å²) in [6, 6.07) is 0.846. The molecule has 194 valence electrons. The summed E-state index contributed by atoms with van der Waals surface area (Å²) in [7, 11) is 3.63. The van der Waals surface area contributed by atoms with Gasteiger partial charge < -0.3 is 19.4 Å². The quantitative estimate of drug-likeness (QED) is 0.595. The second kappa shape index (κ2) is 10.3. The van der Waals surface area contributed by atoms with Gasteiger partial charge in [-0.05, 0) is 26.0 Å². The lowest BCUT2D eigenvalue weighted by Crippen LogP contribution is -2.55. The summed E-state index contributed by atoms with van der Waals surface area (Å²) in [5.41, 5.74) is 0. The predicted molar refractivity (Wildman–Crippen MR) is 134 cm³/mol. The van der Waals surface area contributed by atoms with E-state index in [4.69, 9.17) is 16.3 Å². The minimum atomic E-state index is -1.21. The van der Waals surface area contributed by atoms with Crippen molar-refractivity contribution in [2.75, 3.05) is 49.3 Å². The lowest BCUT2D eigenvalue weighted by molar-refractivity contribution is 0.0585. The average Bonchev–Trinajstić information content (AvgIpc) is 3.54. The number of fused-ring (bicyclic) bond motifs is 2. The maximum absolute atomic E-state index is 14.8. The van der Waals surface area contributed by atoms with Gasteiger partial charge in [-0.15, -0.1) is 0 Å². The second-order valence-electron chi connectivity index (χ2n) is 9.46. The molecule has 4 heterocycles. The van der Waals surface area contributed by atoms with Crippen molar-refractivity contribution in [3.8, 4) is 0 Å². The molecule has 2 aromatic rings. The molecule has 0 unspecified atom stereocenters. The number of hydrogen-bond acceptors (Lipinski definition) is 9. The molecule has 3 fully saturated rings. The number of urea groups is 1. The Kier molecular flexibility index (Phi) is 7.13. The standard InChI is InChI=1S/C22H28ClFN8O3S/c1-30-10-12-7-13(30)8-16(12)35-22(34)28-18-3-5-25-19(27-18)32-6-4-14(24)15(11-32)31(2)21(33)29-20-26-9-17(23)36-20/h3,5,9,12-16H,4,6-8,10-11H2,1-2H3,(H,26,29,33)(H,25,27,28,34)/t12-,13-,14-,15+,16+/m1/s1. The third kappa shape index (κ3) is 5.32. The van der Waals surface area contributed by atoms with Gasteiger partial charge in [0.05, 0.1) is 12.2 Å². The van der Waals surface area contributed by atoms with Gasteiger partial charge in [-0.25, -0.2) is 23.9 Å². The largest absolute Gasteiger partial charge is 0.446 e.